The van der Waals surface area contributed by atoms with Gasteiger partial charge in [0, 0.05) is 11.8 Å². The molecule has 4 aromatic rings. The van der Waals surface area contributed by atoms with Gasteiger partial charge in [0.15, 0.2) is 11.0 Å². The summed E-state index contributed by atoms with van der Waals surface area (Å²) in [4.78, 5) is 10.7. The number of hydrogen-bond acceptors (Lipinski definition) is 5. The Kier molecular flexibility index (Phi) is 6.03. The smallest absolute Gasteiger partial charge is 0.276 e. The van der Waals surface area contributed by atoms with Crippen LogP contribution in [0.3, 0.4) is 0 Å². The van der Waals surface area contributed by atoms with Crippen LogP contribution in [0.5, 0.6) is 0 Å². The first-order chi connectivity index (χ1) is 15.0. The zero-order valence-electron chi connectivity index (χ0n) is 16.1. The maximum Gasteiger partial charge on any atom is 0.276 e. The van der Waals surface area contributed by atoms with Crippen LogP contribution in [-0.2, 0) is 12.3 Å². The van der Waals surface area contributed by atoms with Gasteiger partial charge in [-0.25, -0.2) is 8.78 Å². The fraction of sp³-hybridized carbons (Fsp3) is 0.0909. The Morgan fingerprint density at radius 2 is 1.61 bits per heavy atom. The van der Waals surface area contributed by atoms with E-state index in [1.54, 1.807) is 22.8 Å². The fourth-order valence-electron chi connectivity index (χ4n) is 3.14. The minimum atomic E-state index is -0.662. The molecule has 3 aromatic carbocycles. The number of nitro benzene ring substituents is 1. The predicted molar refractivity (Wildman–Crippen MR) is 114 cm³/mol. The van der Waals surface area contributed by atoms with Gasteiger partial charge in [0.1, 0.15) is 11.6 Å². The van der Waals surface area contributed by atoms with E-state index in [0.29, 0.717) is 17.5 Å². The number of rotatable bonds is 7. The Hall–Kier alpha value is -3.59. The van der Waals surface area contributed by atoms with Gasteiger partial charge in [-0.15, -0.1) is 10.2 Å². The normalized spacial score (nSPS) is 10.9. The molecule has 9 heteroatoms. The molecule has 31 heavy (non-hydrogen) atoms. The molecule has 0 amide bonds. The quantitative estimate of drug-likeness (QED) is 0.217. The lowest BCUT2D eigenvalue weighted by Crippen LogP contribution is -2.05. The molecular weight excluding hydrogens is 422 g/mol. The van der Waals surface area contributed by atoms with Crippen LogP contribution in [0.25, 0.3) is 11.4 Å². The van der Waals surface area contributed by atoms with Crippen LogP contribution in [0.15, 0.2) is 78.0 Å². The predicted octanol–water partition coefficient (Wildman–Crippen LogP) is 5.47. The molecule has 0 N–H and O–H groups in total. The van der Waals surface area contributed by atoms with Gasteiger partial charge in [0.05, 0.1) is 22.6 Å². The second-order valence-electron chi connectivity index (χ2n) is 6.64. The highest BCUT2D eigenvalue weighted by molar-refractivity contribution is 7.98. The lowest BCUT2D eigenvalue weighted by atomic mass is 10.2. The third-order valence-electron chi connectivity index (χ3n) is 4.65. The van der Waals surface area contributed by atoms with Crippen molar-refractivity contribution < 1.29 is 13.7 Å². The zero-order valence-corrected chi connectivity index (χ0v) is 16.9. The summed E-state index contributed by atoms with van der Waals surface area (Å²) >= 11 is 1.11. The number of aromatic nitrogens is 3. The molecule has 4 rings (SSSR count). The molecule has 0 aliphatic carbocycles. The highest BCUT2D eigenvalue weighted by Crippen LogP contribution is 2.32. The van der Waals surface area contributed by atoms with Gasteiger partial charge in [0.2, 0.25) is 0 Å². The Morgan fingerprint density at radius 3 is 2.35 bits per heavy atom. The van der Waals surface area contributed by atoms with E-state index in [0.717, 1.165) is 17.3 Å². The standard InChI is InChI=1S/C22H16F2N4O2S/c23-18-10-5-4-9-16(18)21-25-26-22(27(21)13-15-7-2-1-3-8-15)31-14-17-19(24)11-6-12-20(17)28(29)30/h1-12H,13-14H2. The highest BCUT2D eigenvalue weighted by Gasteiger charge is 2.21. The van der Waals surface area contributed by atoms with Crippen molar-refractivity contribution in [3.05, 3.63) is 106 Å². The van der Waals surface area contributed by atoms with Gasteiger partial charge in [-0.05, 0) is 23.8 Å². The molecule has 0 aliphatic rings. The van der Waals surface area contributed by atoms with Gasteiger partial charge >= 0.3 is 0 Å². The molecule has 0 atom stereocenters. The Labute approximate surface area is 180 Å². The summed E-state index contributed by atoms with van der Waals surface area (Å²) in [6.45, 7) is 0.360. The van der Waals surface area contributed by atoms with Crippen molar-refractivity contribution in [3.8, 4) is 11.4 Å². The summed E-state index contributed by atoms with van der Waals surface area (Å²) in [7, 11) is 0. The third-order valence-corrected chi connectivity index (χ3v) is 5.64. The monoisotopic (exact) mass is 438 g/mol. The molecule has 1 heterocycles. The van der Waals surface area contributed by atoms with Crippen molar-refractivity contribution >= 4 is 17.4 Å². The molecular formula is C22H16F2N4O2S. The molecule has 0 radical (unpaired) electrons. The molecule has 0 saturated heterocycles. The highest BCUT2D eigenvalue weighted by atomic mass is 32.2. The van der Waals surface area contributed by atoms with Crippen LogP contribution >= 0.6 is 11.8 Å². The van der Waals surface area contributed by atoms with Gasteiger partial charge in [-0.1, -0.05) is 60.3 Å². The van der Waals surface area contributed by atoms with E-state index in [-0.39, 0.29) is 22.6 Å². The minimum absolute atomic E-state index is 0.0207. The number of thioether (sulfide) groups is 1. The van der Waals surface area contributed by atoms with Crippen LogP contribution in [-0.4, -0.2) is 19.7 Å². The van der Waals surface area contributed by atoms with Gasteiger partial charge in [-0.3, -0.25) is 14.7 Å². The zero-order chi connectivity index (χ0) is 21.8. The number of halogens is 2. The lowest BCUT2D eigenvalue weighted by Gasteiger charge is -2.11. The van der Waals surface area contributed by atoms with Crippen LogP contribution in [0.2, 0.25) is 0 Å². The third kappa shape index (κ3) is 4.46. The topological polar surface area (TPSA) is 73.8 Å². The second-order valence-corrected chi connectivity index (χ2v) is 7.58. The first kappa shape index (κ1) is 20.7. The van der Waals surface area contributed by atoms with Crippen LogP contribution in [0, 0.1) is 21.7 Å². The van der Waals surface area contributed by atoms with Crippen molar-refractivity contribution in [1.82, 2.24) is 14.8 Å². The van der Waals surface area contributed by atoms with Crippen molar-refractivity contribution in [1.29, 1.82) is 0 Å². The summed E-state index contributed by atoms with van der Waals surface area (Å²) in [6.07, 6.45) is 0. The Morgan fingerprint density at radius 1 is 0.903 bits per heavy atom. The van der Waals surface area contributed by atoms with Gasteiger partial charge < -0.3 is 0 Å². The van der Waals surface area contributed by atoms with E-state index in [9.17, 15) is 18.9 Å². The van der Waals surface area contributed by atoms with Crippen LogP contribution < -0.4 is 0 Å². The maximum atomic E-state index is 14.4. The maximum absolute atomic E-state index is 14.4. The second kappa shape index (κ2) is 9.05. The van der Waals surface area contributed by atoms with Crippen LogP contribution in [0.1, 0.15) is 11.1 Å². The molecule has 0 spiro atoms. The van der Waals surface area contributed by atoms with E-state index in [2.05, 4.69) is 10.2 Å². The lowest BCUT2D eigenvalue weighted by molar-refractivity contribution is -0.385. The summed E-state index contributed by atoms with van der Waals surface area (Å²) in [6, 6.07) is 19.5. The Bertz CT molecular complexity index is 1230. The molecule has 1 aromatic heterocycles. The molecule has 0 aliphatic heterocycles. The summed E-state index contributed by atoms with van der Waals surface area (Å²) in [5.74, 6) is -0.796. The average molecular weight is 438 g/mol. The van der Waals surface area contributed by atoms with Crippen molar-refractivity contribution in [3.63, 3.8) is 0 Å². The number of nitrogens with zero attached hydrogens (tertiary/aromatic N) is 4. The number of benzene rings is 3. The summed E-state index contributed by atoms with van der Waals surface area (Å²) < 4.78 is 30.4. The molecule has 0 bridgehead atoms. The van der Waals surface area contributed by atoms with Crippen molar-refractivity contribution in [2.24, 2.45) is 0 Å². The van der Waals surface area contributed by atoms with Crippen molar-refractivity contribution in [2.75, 3.05) is 0 Å². The number of nitro groups is 1. The van der Waals surface area contributed by atoms with E-state index in [1.165, 1.54) is 24.3 Å². The average Bonchev–Trinajstić information content (AvgIpc) is 3.16. The SMILES string of the molecule is O=[N+]([O-])c1cccc(F)c1CSc1nnc(-c2ccccc2F)n1Cc1ccccc1. The first-order valence-corrected chi connectivity index (χ1v) is 10.3. The van der Waals surface area contributed by atoms with Gasteiger partial charge in [0.25, 0.3) is 5.69 Å². The minimum Gasteiger partial charge on any atom is -0.297 e. The molecule has 156 valence electrons. The van der Waals surface area contributed by atoms with E-state index < -0.39 is 16.6 Å². The molecule has 0 saturated carbocycles. The van der Waals surface area contributed by atoms with E-state index in [1.807, 2.05) is 30.3 Å². The van der Waals surface area contributed by atoms with Gasteiger partial charge in [-0.2, -0.15) is 0 Å². The van der Waals surface area contributed by atoms with E-state index in [4.69, 9.17) is 0 Å². The van der Waals surface area contributed by atoms with Crippen LogP contribution in [0.4, 0.5) is 14.5 Å². The van der Waals surface area contributed by atoms with Crippen molar-refractivity contribution in [2.45, 2.75) is 17.5 Å². The Balaban J connectivity index is 1.72. The fourth-order valence-corrected chi connectivity index (χ4v) is 4.11. The first-order valence-electron chi connectivity index (χ1n) is 9.31. The summed E-state index contributed by atoms with van der Waals surface area (Å²) in [5, 5.41) is 20.0. The molecule has 0 fully saturated rings. The number of hydrogen-bond donors (Lipinski definition) is 0. The summed E-state index contributed by atoms with van der Waals surface area (Å²) in [5.41, 5.74) is 0.906. The molecule has 0 unspecified atom stereocenters. The largest absolute Gasteiger partial charge is 0.297 e. The van der Waals surface area contributed by atoms with E-state index >= 15 is 0 Å². The molecule has 6 nitrogen and oxygen atoms in total.